The van der Waals surface area contributed by atoms with E-state index in [0.29, 0.717) is 23.2 Å². The average Bonchev–Trinajstić information content (AvgIpc) is 3.07. The van der Waals surface area contributed by atoms with Crippen LogP contribution in [0, 0.1) is 5.82 Å². The number of rotatable bonds is 3. The zero-order valence-electron chi connectivity index (χ0n) is 15.4. The Kier molecular flexibility index (Phi) is 3.98. The normalized spacial score (nSPS) is 13.1. The summed E-state index contributed by atoms with van der Waals surface area (Å²) in [5.41, 5.74) is 3.06. The number of hydrogen-bond acceptors (Lipinski definition) is 3. The minimum absolute atomic E-state index is 0.158. The van der Waals surface area contributed by atoms with E-state index < -0.39 is 5.82 Å². The molecule has 0 radical (unpaired) electrons. The van der Waals surface area contributed by atoms with Crippen LogP contribution in [0.15, 0.2) is 71.5 Å². The molecule has 1 aliphatic rings. The summed E-state index contributed by atoms with van der Waals surface area (Å²) in [6.07, 6.45) is 0.653. The molecule has 2 heterocycles. The summed E-state index contributed by atoms with van der Waals surface area (Å²) in [5, 5.41) is 8.02. The zero-order valence-corrected chi connectivity index (χ0v) is 15.4. The monoisotopic (exact) mass is 385 g/mol. The summed E-state index contributed by atoms with van der Waals surface area (Å²) in [5.74, 6) is -0.618. The van der Waals surface area contributed by atoms with Crippen molar-refractivity contribution in [1.82, 2.24) is 10.2 Å². The summed E-state index contributed by atoms with van der Waals surface area (Å²) < 4.78 is 14.7. The fraction of sp³-hybridized carbons (Fsp3) is 0.0870. The number of benzene rings is 3. The van der Waals surface area contributed by atoms with E-state index in [1.54, 1.807) is 24.3 Å². The highest BCUT2D eigenvalue weighted by atomic mass is 19.1. The second-order valence-electron chi connectivity index (χ2n) is 7.04. The van der Waals surface area contributed by atoms with E-state index in [0.717, 1.165) is 16.5 Å². The number of hydrogen-bond donors (Lipinski definition) is 1. The zero-order chi connectivity index (χ0) is 20.0. The van der Waals surface area contributed by atoms with E-state index in [9.17, 15) is 14.0 Å². The van der Waals surface area contributed by atoms with Gasteiger partial charge in [0.15, 0.2) is 0 Å². The van der Waals surface area contributed by atoms with Gasteiger partial charge in [-0.3, -0.25) is 14.5 Å². The Morgan fingerprint density at radius 2 is 1.69 bits per heavy atom. The third kappa shape index (κ3) is 2.89. The van der Waals surface area contributed by atoms with E-state index in [2.05, 4.69) is 10.2 Å². The number of halogens is 1. The molecule has 6 heteroatoms. The minimum atomic E-state index is -0.460. The van der Waals surface area contributed by atoms with Crippen molar-refractivity contribution in [3.8, 4) is 0 Å². The number of fused-ring (bicyclic) bond motifs is 2. The van der Waals surface area contributed by atoms with Gasteiger partial charge in [-0.25, -0.2) is 9.49 Å². The molecule has 0 unspecified atom stereocenters. The lowest BCUT2D eigenvalue weighted by atomic mass is 10.0. The van der Waals surface area contributed by atoms with Crippen molar-refractivity contribution < 1.29 is 9.18 Å². The predicted molar refractivity (Wildman–Crippen MR) is 109 cm³/mol. The first-order valence-electron chi connectivity index (χ1n) is 9.27. The number of carbonyl (C=O) groups is 1. The highest BCUT2D eigenvalue weighted by Gasteiger charge is 2.30. The highest BCUT2D eigenvalue weighted by molar-refractivity contribution is 6.07. The van der Waals surface area contributed by atoms with Crippen molar-refractivity contribution in [3.05, 3.63) is 99.7 Å². The first-order chi connectivity index (χ1) is 14.1. The molecule has 1 aromatic heterocycles. The molecule has 3 aromatic carbocycles. The Morgan fingerprint density at radius 3 is 2.55 bits per heavy atom. The number of nitrogens with one attached hydrogen (secondary N) is 1. The Bertz CT molecular complexity index is 1330. The second kappa shape index (κ2) is 6.67. The van der Waals surface area contributed by atoms with Crippen molar-refractivity contribution in [1.29, 1.82) is 0 Å². The van der Waals surface area contributed by atoms with Gasteiger partial charge in [0, 0.05) is 11.8 Å². The van der Waals surface area contributed by atoms with E-state index in [1.807, 2.05) is 36.4 Å². The van der Waals surface area contributed by atoms with Crippen molar-refractivity contribution in [2.24, 2.45) is 0 Å². The smallest absolute Gasteiger partial charge is 0.272 e. The molecule has 0 saturated heterocycles. The Morgan fingerprint density at radius 1 is 0.931 bits per heavy atom. The fourth-order valence-corrected chi connectivity index (χ4v) is 3.86. The van der Waals surface area contributed by atoms with E-state index >= 15 is 0 Å². The number of para-hydroxylation sites is 1. The maximum atomic E-state index is 14.7. The van der Waals surface area contributed by atoms with Crippen LogP contribution >= 0.6 is 0 Å². The Balaban J connectivity index is 1.57. The van der Waals surface area contributed by atoms with Gasteiger partial charge >= 0.3 is 0 Å². The summed E-state index contributed by atoms with van der Waals surface area (Å²) in [6.45, 7) is 0. The number of H-pyrrole nitrogens is 1. The molecule has 5 rings (SSSR count). The highest BCUT2D eigenvalue weighted by Crippen LogP contribution is 2.37. The van der Waals surface area contributed by atoms with Crippen LogP contribution in [0.25, 0.3) is 10.8 Å². The predicted octanol–water partition coefficient (Wildman–Crippen LogP) is 3.87. The van der Waals surface area contributed by atoms with Crippen molar-refractivity contribution in [2.75, 3.05) is 4.90 Å². The molecular formula is C23H16FN3O2. The van der Waals surface area contributed by atoms with E-state index in [1.165, 1.54) is 11.0 Å². The quantitative estimate of drug-likeness (QED) is 0.582. The van der Waals surface area contributed by atoms with Crippen molar-refractivity contribution in [2.45, 2.75) is 12.8 Å². The van der Waals surface area contributed by atoms with Crippen LogP contribution in [0.3, 0.4) is 0 Å². The standard InChI is InChI=1S/C23H16FN3O2/c24-18-10-9-14(11-19-16-6-2-3-7-17(16)23(29)26-25-19)12-21(18)27-20-8-4-1-5-15(20)13-22(27)28/h1-10,12H,11,13H2,(H,26,29). The van der Waals surface area contributed by atoms with Gasteiger partial charge in [-0.05, 0) is 35.4 Å². The van der Waals surface area contributed by atoms with E-state index in [-0.39, 0.29) is 23.6 Å². The summed E-state index contributed by atoms with van der Waals surface area (Å²) in [6, 6.07) is 19.4. The number of anilines is 2. The summed E-state index contributed by atoms with van der Waals surface area (Å²) in [7, 11) is 0. The molecule has 1 aliphatic heterocycles. The van der Waals surface area contributed by atoms with Crippen LogP contribution in [0.2, 0.25) is 0 Å². The van der Waals surface area contributed by atoms with Gasteiger partial charge in [0.2, 0.25) is 5.91 Å². The van der Waals surface area contributed by atoms with Gasteiger partial charge in [0.25, 0.3) is 5.56 Å². The molecule has 0 spiro atoms. The molecule has 0 aliphatic carbocycles. The van der Waals surface area contributed by atoms with Crippen LogP contribution in [0.5, 0.6) is 0 Å². The molecule has 4 aromatic rings. The fourth-order valence-electron chi connectivity index (χ4n) is 3.86. The first kappa shape index (κ1) is 17.3. The largest absolute Gasteiger partial charge is 0.278 e. The Hall–Kier alpha value is -3.80. The molecular weight excluding hydrogens is 369 g/mol. The maximum Gasteiger partial charge on any atom is 0.272 e. The number of amides is 1. The van der Waals surface area contributed by atoms with Gasteiger partial charge in [-0.2, -0.15) is 5.10 Å². The maximum absolute atomic E-state index is 14.7. The van der Waals surface area contributed by atoms with Crippen LogP contribution < -0.4 is 10.5 Å². The minimum Gasteiger partial charge on any atom is -0.278 e. The number of carbonyl (C=O) groups excluding carboxylic acids is 1. The number of nitrogens with zero attached hydrogens (tertiary/aromatic N) is 2. The second-order valence-corrected chi connectivity index (χ2v) is 7.04. The first-order valence-corrected chi connectivity index (χ1v) is 9.27. The topological polar surface area (TPSA) is 66.1 Å². The van der Waals surface area contributed by atoms with Gasteiger partial charge in [-0.1, -0.05) is 42.5 Å². The van der Waals surface area contributed by atoms with Crippen LogP contribution in [0.4, 0.5) is 15.8 Å². The molecule has 29 heavy (non-hydrogen) atoms. The molecule has 0 bridgehead atoms. The van der Waals surface area contributed by atoms with Crippen molar-refractivity contribution >= 4 is 28.1 Å². The molecule has 1 N–H and O–H groups in total. The average molecular weight is 385 g/mol. The third-order valence-electron chi connectivity index (χ3n) is 5.22. The van der Waals surface area contributed by atoms with Crippen LogP contribution in [-0.2, 0) is 17.6 Å². The van der Waals surface area contributed by atoms with Crippen molar-refractivity contribution in [3.63, 3.8) is 0 Å². The van der Waals surface area contributed by atoms with Gasteiger partial charge in [0.1, 0.15) is 5.82 Å². The number of aromatic amines is 1. The van der Waals surface area contributed by atoms with Gasteiger partial charge in [0.05, 0.1) is 28.9 Å². The third-order valence-corrected chi connectivity index (χ3v) is 5.22. The SMILES string of the molecule is O=C1Cc2ccccc2N1c1cc(Cc2n[nH]c(=O)c3ccccc23)ccc1F. The van der Waals surface area contributed by atoms with E-state index in [4.69, 9.17) is 0 Å². The van der Waals surface area contributed by atoms with Crippen LogP contribution in [0.1, 0.15) is 16.8 Å². The molecule has 1 amide bonds. The Labute approximate surface area is 165 Å². The van der Waals surface area contributed by atoms with Gasteiger partial charge < -0.3 is 0 Å². The number of aromatic nitrogens is 2. The van der Waals surface area contributed by atoms with Crippen LogP contribution in [-0.4, -0.2) is 16.1 Å². The lowest BCUT2D eigenvalue weighted by Gasteiger charge is -2.19. The lowest BCUT2D eigenvalue weighted by Crippen LogP contribution is -2.22. The molecule has 0 fully saturated rings. The molecule has 142 valence electrons. The summed E-state index contributed by atoms with van der Waals surface area (Å²) >= 11 is 0. The molecule has 0 atom stereocenters. The summed E-state index contributed by atoms with van der Waals surface area (Å²) in [4.78, 5) is 26.0. The molecule has 5 nitrogen and oxygen atoms in total. The lowest BCUT2D eigenvalue weighted by molar-refractivity contribution is -0.116. The van der Waals surface area contributed by atoms with Gasteiger partial charge in [-0.15, -0.1) is 0 Å². The molecule has 0 saturated carbocycles.